The smallest absolute Gasteiger partial charge is 0.416 e. The number of carbonyl (C=O) groups excluding carboxylic acids is 1. The summed E-state index contributed by atoms with van der Waals surface area (Å²) in [5.74, 6) is -0.160. The lowest BCUT2D eigenvalue weighted by molar-refractivity contribution is -0.137. The standard InChI is InChI=1S/C17H12BrF3N4O2/c18-12-2-4-13(5-3-12)27-8-16(26)24-14-7-11(17(19,20)21)1-6-15(14)25-10-22-9-23-25/h1-7,9-10H,8H2,(H,24,26). The van der Waals surface area contributed by atoms with Crippen LogP contribution in [0.3, 0.4) is 0 Å². The summed E-state index contributed by atoms with van der Waals surface area (Å²) in [6.07, 6.45) is -2.00. The van der Waals surface area contributed by atoms with E-state index in [-0.39, 0.29) is 18.0 Å². The van der Waals surface area contributed by atoms with Crippen LogP contribution in [0.5, 0.6) is 5.75 Å². The van der Waals surface area contributed by atoms with Gasteiger partial charge >= 0.3 is 6.18 Å². The number of nitrogens with one attached hydrogen (secondary N) is 1. The van der Waals surface area contributed by atoms with Gasteiger partial charge in [0.05, 0.1) is 16.9 Å². The van der Waals surface area contributed by atoms with Crippen LogP contribution in [0.25, 0.3) is 5.69 Å². The molecule has 1 heterocycles. The Morgan fingerprint density at radius 1 is 1.19 bits per heavy atom. The number of carbonyl (C=O) groups is 1. The van der Waals surface area contributed by atoms with Crippen LogP contribution in [0.4, 0.5) is 18.9 Å². The van der Waals surface area contributed by atoms with Gasteiger partial charge in [-0.1, -0.05) is 15.9 Å². The minimum absolute atomic E-state index is 0.0558. The highest BCUT2D eigenvalue weighted by atomic mass is 79.9. The SMILES string of the molecule is O=C(COc1ccc(Br)cc1)Nc1cc(C(F)(F)F)ccc1-n1cncn1. The zero-order chi connectivity index (χ0) is 19.4. The largest absolute Gasteiger partial charge is 0.484 e. The summed E-state index contributed by atoms with van der Waals surface area (Å²) in [5, 5.41) is 6.32. The summed E-state index contributed by atoms with van der Waals surface area (Å²) in [6.45, 7) is -0.366. The summed E-state index contributed by atoms with van der Waals surface area (Å²) in [4.78, 5) is 15.9. The lowest BCUT2D eigenvalue weighted by Gasteiger charge is -2.14. The Kier molecular flexibility index (Phi) is 5.45. The van der Waals surface area contributed by atoms with Crippen molar-refractivity contribution in [1.82, 2.24) is 14.8 Å². The van der Waals surface area contributed by atoms with Crippen LogP contribution in [-0.4, -0.2) is 27.3 Å². The number of ether oxygens (including phenoxy) is 1. The molecule has 0 aliphatic heterocycles. The number of anilines is 1. The Labute approximate surface area is 160 Å². The molecule has 0 saturated heterocycles. The molecule has 6 nitrogen and oxygen atoms in total. The van der Waals surface area contributed by atoms with Gasteiger partial charge in [-0.25, -0.2) is 9.67 Å². The van der Waals surface area contributed by atoms with Crippen LogP contribution < -0.4 is 10.1 Å². The van der Waals surface area contributed by atoms with E-state index >= 15 is 0 Å². The van der Waals surface area contributed by atoms with E-state index < -0.39 is 17.6 Å². The molecule has 0 atom stereocenters. The number of nitrogens with zero attached hydrogens (tertiary/aromatic N) is 3. The fraction of sp³-hybridized carbons (Fsp3) is 0.118. The highest BCUT2D eigenvalue weighted by molar-refractivity contribution is 9.10. The van der Waals surface area contributed by atoms with Crippen molar-refractivity contribution in [3.63, 3.8) is 0 Å². The minimum Gasteiger partial charge on any atom is -0.484 e. The predicted octanol–water partition coefficient (Wildman–Crippen LogP) is 4.07. The zero-order valence-corrected chi connectivity index (χ0v) is 15.2. The van der Waals surface area contributed by atoms with Crippen molar-refractivity contribution < 1.29 is 22.7 Å². The summed E-state index contributed by atoms with van der Waals surface area (Å²) in [7, 11) is 0. The van der Waals surface area contributed by atoms with Gasteiger partial charge in [0, 0.05) is 4.47 Å². The number of aromatic nitrogens is 3. The van der Waals surface area contributed by atoms with Crippen LogP contribution in [0.1, 0.15) is 5.56 Å². The van der Waals surface area contributed by atoms with Gasteiger partial charge in [0.1, 0.15) is 18.4 Å². The van der Waals surface area contributed by atoms with Gasteiger partial charge in [-0.2, -0.15) is 18.3 Å². The second kappa shape index (κ2) is 7.78. The number of amides is 1. The molecule has 0 aliphatic rings. The highest BCUT2D eigenvalue weighted by Gasteiger charge is 2.31. The van der Waals surface area contributed by atoms with Gasteiger partial charge < -0.3 is 10.1 Å². The van der Waals surface area contributed by atoms with Crippen molar-refractivity contribution in [2.24, 2.45) is 0 Å². The summed E-state index contributed by atoms with van der Waals surface area (Å²) < 4.78 is 46.5. The van der Waals surface area contributed by atoms with E-state index in [9.17, 15) is 18.0 Å². The van der Waals surface area contributed by atoms with Gasteiger partial charge in [0.15, 0.2) is 6.61 Å². The second-order valence-corrected chi connectivity index (χ2v) is 6.28. The first-order valence-electron chi connectivity index (χ1n) is 7.57. The molecule has 0 spiro atoms. The molecule has 0 bridgehead atoms. The first kappa shape index (κ1) is 18.9. The quantitative estimate of drug-likeness (QED) is 0.649. The van der Waals surface area contributed by atoms with Crippen molar-refractivity contribution in [3.05, 3.63) is 65.2 Å². The van der Waals surface area contributed by atoms with E-state index in [2.05, 4.69) is 31.3 Å². The number of halogens is 4. The van der Waals surface area contributed by atoms with Crippen LogP contribution in [-0.2, 0) is 11.0 Å². The Balaban J connectivity index is 1.79. The third-order valence-electron chi connectivity index (χ3n) is 3.45. The number of alkyl halides is 3. The van der Waals surface area contributed by atoms with Gasteiger partial charge in [-0.05, 0) is 42.5 Å². The Hall–Kier alpha value is -2.88. The maximum atomic E-state index is 13.0. The van der Waals surface area contributed by atoms with Crippen molar-refractivity contribution in [1.29, 1.82) is 0 Å². The van der Waals surface area contributed by atoms with Crippen LogP contribution in [0, 0.1) is 0 Å². The van der Waals surface area contributed by atoms with Gasteiger partial charge in [-0.3, -0.25) is 4.79 Å². The molecule has 0 unspecified atom stereocenters. The molecular weight excluding hydrogens is 429 g/mol. The molecule has 140 valence electrons. The minimum atomic E-state index is -4.55. The molecule has 27 heavy (non-hydrogen) atoms. The first-order chi connectivity index (χ1) is 12.8. The maximum Gasteiger partial charge on any atom is 0.416 e. The number of hydrogen-bond acceptors (Lipinski definition) is 4. The molecule has 0 fully saturated rings. The molecule has 1 aromatic heterocycles. The van der Waals surface area contributed by atoms with E-state index in [0.29, 0.717) is 5.75 Å². The molecule has 0 saturated carbocycles. The molecule has 3 rings (SSSR count). The van der Waals surface area contributed by atoms with E-state index in [4.69, 9.17) is 4.74 Å². The maximum absolute atomic E-state index is 13.0. The van der Waals surface area contributed by atoms with E-state index in [1.807, 2.05) is 0 Å². The fourth-order valence-corrected chi connectivity index (χ4v) is 2.48. The van der Waals surface area contributed by atoms with Crippen LogP contribution >= 0.6 is 15.9 Å². The third kappa shape index (κ3) is 4.85. The summed E-state index contributed by atoms with van der Waals surface area (Å²) >= 11 is 3.28. The number of benzene rings is 2. The fourth-order valence-electron chi connectivity index (χ4n) is 2.21. The number of hydrogen-bond donors (Lipinski definition) is 1. The second-order valence-electron chi connectivity index (χ2n) is 5.36. The molecule has 1 N–H and O–H groups in total. The lowest BCUT2D eigenvalue weighted by atomic mass is 10.1. The molecule has 0 radical (unpaired) electrons. The average Bonchev–Trinajstić information content (AvgIpc) is 3.15. The van der Waals surface area contributed by atoms with Gasteiger partial charge in [0.2, 0.25) is 0 Å². The zero-order valence-electron chi connectivity index (χ0n) is 13.6. The van der Waals surface area contributed by atoms with Crippen molar-refractivity contribution >= 4 is 27.5 Å². The summed E-state index contributed by atoms with van der Waals surface area (Å²) in [5.41, 5.74) is -0.701. The predicted molar refractivity (Wildman–Crippen MR) is 94.6 cm³/mol. The van der Waals surface area contributed by atoms with Crippen LogP contribution in [0.2, 0.25) is 0 Å². The van der Waals surface area contributed by atoms with Gasteiger partial charge in [-0.15, -0.1) is 0 Å². The topological polar surface area (TPSA) is 69.0 Å². The average molecular weight is 441 g/mol. The highest BCUT2D eigenvalue weighted by Crippen LogP contribution is 2.33. The molecule has 1 amide bonds. The molecule has 10 heteroatoms. The van der Waals surface area contributed by atoms with Gasteiger partial charge in [0.25, 0.3) is 5.91 Å². The van der Waals surface area contributed by atoms with E-state index in [1.54, 1.807) is 24.3 Å². The van der Waals surface area contributed by atoms with E-state index in [1.165, 1.54) is 23.4 Å². The molecular formula is C17H12BrF3N4O2. The number of rotatable bonds is 5. The van der Waals surface area contributed by atoms with Crippen molar-refractivity contribution in [2.45, 2.75) is 6.18 Å². The monoisotopic (exact) mass is 440 g/mol. The Morgan fingerprint density at radius 3 is 2.56 bits per heavy atom. The molecule has 2 aromatic carbocycles. The van der Waals surface area contributed by atoms with Crippen molar-refractivity contribution in [3.8, 4) is 11.4 Å². The Morgan fingerprint density at radius 2 is 1.93 bits per heavy atom. The van der Waals surface area contributed by atoms with E-state index in [0.717, 1.165) is 16.6 Å². The first-order valence-corrected chi connectivity index (χ1v) is 8.37. The third-order valence-corrected chi connectivity index (χ3v) is 3.98. The van der Waals surface area contributed by atoms with Crippen LogP contribution in [0.15, 0.2) is 59.6 Å². The molecule has 3 aromatic rings. The Bertz CT molecular complexity index is 928. The lowest BCUT2D eigenvalue weighted by Crippen LogP contribution is -2.21. The molecule has 0 aliphatic carbocycles. The normalized spacial score (nSPS) is 11.3. The summed E-state index contributed by atoms with van der Waals surface area (Å²) in [6, 6.07) is 9.75. The van der Waals surface area contributed by atoms with Crippen molar-refractivity contribution in [2.75, 3.05) is 11.9 Å².